The molecular formula is C28H34NO+. The summed E-state index contributed by atoms with van der Waals surface area (Å²) in [6.45, 7) is 9.11. The Bertz CT molecular complexity index is 1140. The van der Waals surface area contributed by atoms with E-state index >= 15 is 0 Å². The van der Waals surface area contributed by atoms with Crippen LogP contribution in [0.3, 0.4) is 0 Å². The first-order valence-corrected chi connectivity index (χ1v) is 11.7. The molecule has 2 heterocycles. The standard InChI is InChI=1S/C28H34NO/c1-17(2)13-20-15-22-14-18(3)19(4)25-26(22)24(16-20)30-28-23(11-12-29(5)27(25)28)21-9-7-6-8-10-21/h11-12,14-17,21H,6-10,13H2,1-5H3/q+1. The van der Waals surface area contributed by atoms with E-state index in [0.29, 0.717) is 11.8 Å². The average Bonchev–Trinajstić information content (AvgIpc) is 2.71. The minimum absolute atomic E-state index is 0.620. The van der Waals surface area contributed by atoms with Crippen LogP contribution in [-0.2, 0) is 13.5 Å². The highest BCUT2D eigenvalue weighted by Crippen LogP contribution is 2.51. The number of fused-ring (bicyclic) bond motifs is 2. The molecule has 0 N–H and O–H groups in total. The van der Waals surface area contributed by atoms with Crippen molar-refractivity contribution in [2.24, 2.45) is 13.0 Å². The van der Waals surface area contributed by atoms with E-state index in [1.54, 1.807) is 0 Å². The van der Waals surface area contributed by atoms with Gasteiger partial charge < -0.3 is 4.74 Å². The van der Waals surface area contributed by atoms with Crippen molar-refractivity contribution < 1.29 is 9.30 Å². The van der Waals surface area contributed by atoms with E-state index in [-0.39, 0.29) is 0 Å². The Hall–Kier alpha value is -2.35. The van der Waals surface area contributed by atoms with E-state index in [1.807, 2.05) is 0 Å². The zero-order chi connectivity index (χ0) is 21.0. The van der Waals surface area contributed by atoms with Crippen LogP contribution in [0.4, 0.5) is 0 Å². The van der Waals surface area contributed by atoms with Gasteiger partial charge in [-0.2, -0.15) is 4.57 Å². The largest absolute Gasteiger partial charge is 0.449 e. The highest BCUT2D eigenvalue weighted by atomic mass is 16.5. The Labute approximate surface area is 180 Å². The molecule has 1 aliphatic heterocycles. The maximum Gasteiger partial charge on any atom is 0.256 e. The number of aromatic nitrogens is 1. The normalized spacial score (nSPS) is 16.1. The first-order chi connectivity index (χ1) is 14.4. The number of hydrogen-bond donors (Lipinski definition) is 0. The van der Waals surface area contributed by atoms with Crippen LogP contribution in [0.2, 0.25) is 0 Å². The summed E-state index contributed by atoms with van der Waals surface area (Å²) in [7, 11) is 2.17. The topological polar surface area (TPSA) is 13.1 Å². The first-order valence-electron chi connectivity index (χ1n) is 11.7. The van der Waals surface area contributed by atoms with E-state index in [0.717, 1.165) is 17.9 Å². The Morgan fingerprint density at radius 3 is 2.57 bits per heavy atom. The zero-order valence-electron chi connectivity index (χ0n) is 19.1. The van der Waals surface area contributed by atoms with Gasteiger partial charge in [0.2, 0.25) is 5.75 Å². The third kappa shape index (κ3) is 3.12. The second-order valence-corrected chi connectivity index (χ2v) is 9.98. The van der Waals surface area contributed by atoms with Gasteiger partial charge in [0.25, 0.3) is 5.69 Å². The van der Waals surface area contributed by atoms with Gasteiger partial charge in [-0.05, 0) is 73.1 Å². The molecule has 2 heteroatoms. The van der Waals surface area contributed by atoms with Gasteiger partial charge in [0, 0.05) is 17.0 Å². The summed E-state index contributed by atoms with van der Waals surface area (Å²) in [4.78, 5) is 0. The summed E-state index contributed by atoms with van der Waals surface area (Å²) < 4.78 is 9.08. The van der Waals surface area contributed by atoms with E-state index in [4.69, 9.17) is 4.74 Å². The Balaban J connectivity index is 1.80. The molecule has 2 aromatic carbocycles. The molecule has 30 heavy (non-hydrogen) atoms. The summed E-state index contributed by atoms with van der Waals surface area (Å²) in [6, 6.07) is 9.36. The van der Waals surface area contributed by atoms with E-state index < -0.39 is 0 Å². The molecule has 0 spiro atoms. The molecule has 0 saturated heterocycles. The van der Waals surface area contributed by atoms with Gasteiger partial charge in [-0.15, -0.1) is 0 Å². The zero-order valence-corrected chi connectivity index (χ0v) is 19.1. The smallest absolute Gasteiger partial charge is 0.256 e. The van der Waals surface area contributed by atoms with Crippen molar-refractivity contribution in [3.63, 3.8) is 0 Å². The molecule has 2 nitrogen and oxygen atoms in total. The van der Waals surface area contributed by atoms with E-state index in [1.165, 1.54) is 76.4 Å². The molecule has 0 radical (unpaired) electrons. The third-order valence-electron chi connectivity index (χ3n) is 7.23. The summed E-state index contributed by atoms with van der Waals surface area (Å²) in [5.41, 5.74) is 8.16. The predicted octanol–water partition coefficient (Wildman–Crippen LogP) is 7.30. The molecule has 1 fully saturated rings. The van der Waals surface area contributed by atoms with Gasteiger partial charge in [0.1, 0.15) is 12.8 Å². The molecule has 156 valence electrons. The summed E-state index contributed by atoms with van der Waals surface area (Å²) in [5.74, 6) is 3.41. The molecule has 0 amide bonds. The lowest BCUT2D eigenvalue weighted by molar-refractivity contribution is -0.660. The fourth-order valence-corrected chi connectivity index (χ4v) is 5.65. The molecule has 0 atom stereocenters. The molecule has 0 unspecified atom stereocenters. The lowest BCUT2D eigenvalue weighted by atomic mass is 9.82. The average molecular weight is 401 g/mol. The molecule has 5 rings (SSSR count). The number of benzene rings is 2. The van der Waals surface area contributed by atoms with Crippen LogP contribution in [0.5, 0.6) is 11.5 Å². The van der Waals surface area contributed by atoms with Crippen LogP contribution in [0.25, 0.3) is 22.0 Å². The highest BCUT2D eigenvalue weighted by molar-refractivity contribution is 6.05. The van der Waals surface area contributed by atoms with Crippen molar-refractivity contribution in [2.45, 2.75) is 72.1 Å². The van der Waals surface area contributed by atoms with Crippen LogP contribution < -0.4 is 9.30 Å². The molecule has 1 saturated carbocycles. The number of hydrogen-bond acceptors (Lipinski definition) is 1. The van der Waals surface area contributed by atoms with Gasteiger partial charge in [0.05, 0.1) is 5.56 Å². The Morgan fingerprint density at radius 1 is 1.07 bits per heavy atom. The van der Waals surface area contributed by atoms with Crippen LogP contribution in [-0.4, -0.2) is 0 Å². The van der Waals surface area contributed by atoms with Crippen molar-refractivity contribution in [1.82, 2.24) is 0 Å². The minimum Gasteiger partial charge on any atom is -0.449 e. The van der Waals surface area contributed by atoms with Crippen LogP contribution in [0.1, 0.15) is 74.1 Å². The van der Waals surface area contributed by atoms with Crippen LogP contribution >= 0.6 is 0 Å². The predicted molar refractivity (Wildman–Crippen MR) is 124 cm³/mol. The number of pyridine rings is 1. The molecule has 0 bridgehead atoms. The fraction of sp³-hybridized carbons (Fsp3) is 0.464. The number of aryl methyl sites for hydroxylation is 2. The summed E-state index contributed by atoms with van der Waals surface area (Å²) in [6.07, 6.45) is 9.95. The van der Waals surface area contributed by atoms with Gasteiger partial charge in [-0.25, -0.2) is 0 Å². The maximum atomic E-state index is 6.81. The third-order valence-corrected chi connectivity index (χ3v) is 7.23. The van der Waals surface area contributed by atoms with Gasteiger partial charge in [-0.3, -0.25) is 0 Å². The lowest BCUT2D eigenvalue weighted by Gasteiger charge is -2.28. The van der Waals surface area contributed by atoms with Crippen molar-refractivity contribution >= 4 is 10.8 Å². The Morgan fingerprint density at radius 2 is 1.83 bits per heavy atom. The van der Waals surface area contributed by atoms with Crippen LogP contribution in [0.15, 0.2) is 30.5 Å². The number of rotatable bonds is 3. The SMILES string of the molecule is Cc1cc2cc(CC(C)C)cc3c2c(c1C)-c1c(c(C2CCCCC2)cc[n+]1C)O3. The van der Waals surface area contributed by atoms with Crippen molar-refractivity contribution in [2.75, 3.05) is 0 Å². The van der Waals surface area contributed by atoms with Gasteiger partial charge in [-0.1, -0.05) is 45.2 Å². The van der Waals surface area contributed by atoms with Gasteiger partial charge >= 0.3 is 0 Å². The fourth-order valence-electron chi connectivity index (χ4n) is 5.65. The van der Waals surface area contributed by atoms with Crippen molar-refractivity contribution in [1.29, 1.82) is 0 Å². The number of ether oxygens (including phenoxy) is 1. The monoisotopic (exact) mass is 400 g/mol. The lowest BCUT2D eigenvalue weighted by Crippen LogP contribution is -2.33. The minimum atomic E-state index is 0.620. The number of nitrogens with zero attached hydrogens (tertiary/aromatic N) is 1. The quantitative estimate of drug-likeness (QED) is 0.329. The highest BCUT2D eigenvalue weighted by Gasteiger charge is 2.34. The maximum absolute atomic E-state index is 6.81. The molecule has 2 aliphatic rings. The van der Waals surface area contributed by atoms with E-state index in [9.17, 15) is 0 Å². The second-order valence-electron chi connectivity index (χ2n) is 9.98. The molecule has 1 aliphatic carbocycles. The molecular weight excluding hydrogens is 366 g/mol. The second kappa shape index (κ2) is 7.41. The summed E-state index contributed by atoms with van der Waals surface area (Å²) in [5, 5.41) is 2.60. The molecule has 1 aromatic heterocycles. The Kier molecular flexibility index (Phi) is 4.84. The van der Waals surface area contributed by atoms with Crippen molar-refractivity contribution in [3.8, 4) is 22.8 Å². The molecule has 3 aromatic rings. The van der Waals surface area contributed by atoms with Crippen molar-refractivity contribution in [3.05, 3.63) is 52.7 Å². The van der Waals surface area contributed by atoms with E-state index in [2.05, 4.69) is 69.8 Å². The first kappa shape index (κ1) is 19.6. The van der Waals surface area contributed by atoms with Gasteiger partial charge in [0.15, 0.2) is 6.20 Å². The summed E-state index contributed by atoms with van der Waals surface area (Å²) >= 11 is 0. The van der Waals surface area contributed by atoms with Crippen LogP contribution in [0, 0.1) is 19.8 Å².